The number of benzene rings is 3. The molecule has 1 aliphatic rings. The lowest BCUT2D eigenvalue weighted by Gasteiger charge is -2.32. The van der Waals surface area contributed by atoms with Gasteiger partial charge in [0.25, 0.3) is 5.91 Å². The highest BCUT2D eigenvalue weighted by Gasteiger charge is 2.25. The molecule has 2 amide bonds. The molecule has 0 atom stereocenters. The Bertz CT molecular complexity index is 1770. The minimum absolute atomic E-state index is 0.00524. The number of nitrogens with two attached hydrogens (primary N) is 1. The minimum Gasteiger partial charge on any atom is -0.369 e. The van der Waals surface area contributed by atoms with Gasteiger partial charge in [0.2, 0.25) is 15.9 Å². The largest absolute Gasteiger partial charge is 0.369 e. The summed E-state index contributed by atoms with van der Waals surface area (Å²) in [6.45, 7) is 8.68. The van der Waals surface area contributed by atoms with Crippen LogP contribution in [0.1, 0.15) is 35.3 Å². The van der Waals surface area contributed by atoms with Gasteiger partial charge in [0.05, 0.1) is 23.9 Å². The van der Waals surface area contributed by atoms with Crippen LogP contribution >= 0.6 is 0 Å². The zero-order valence-corrected chi connectivity index (χ0v) is 25.0. The second kappa shape index (κ2) is 10.8. The normalized spacial score (nSPS) is 14.7. The molecule has 0 radical (unpaired) electrons. The highest BCUT2D eigenvalue weighted by molar-refractivity contribution is 7.92. The molecule has 5 rings (SSSR count). The van der Waals surface area contributed by atoms with Crippen LogP contribution in [-0.2, 0) is 21.2 Å². The lowest BCUT2D eigenvalue weighted by molar-refractivity contribution is -0.117. The highest BCUT2D eigenvalue weighted by atomic mass is 32.2. The summed E-state index contributed by atoms with van der Waals surface area (Å²) in [6.07, 6.45) is 1.28. The smallest absolute Gasteiger partial charge is 0.254 e. The van der Waals surface area contributed by atoms with Gasteiger partial charge in [-0.2, -0.15) is 0 Å². The van der Waals surface area contributed by atoms with E-state index >= 15 is 0 Å². The average Bonchev–Trinajstić information content (AvgIpc) is 3.28. The van der Waals surface area contributed by atoms with E-state index in [1.165, 1.54) is 10.6 Å². The zero-order chi connectivity index (χ0) is 29.6. The first kappa shape index (κ1) is 28.6. The van der Waals surface area contributed by atoms with E-state index in [2.05, 4.69) is 16.9 Å². The number of carbonyl (C=O) groups is 2. The monoisotopic (exact) mass is 575 g/mol. The van der Waals surface area contributed by atoms with Gasteiger partial charge < -0.3 is 20.5 Å². The number of likely N-dealkylation sites (N-methyl/N-ethyl adjacent to an activating group) is 1. The lowest BCUT2D eigenvalue weighted by atomic mass is 9.92. The Kier molecular flexibility index (Phi) is 7.56. The van der Waals surface area contributed by atoms with Crippen molar-refractivity contribution < 1.29 is 18.0 Å². The molecule has 9 nitrogen and oxygen atoms in total. The van der Waals surface area contributed by atoms with Crippen molar-refractivity contribution in [1.29, 1.82) is 0 Å². The van der Waals surface area contributed by atoms with Crippen LogP contribution in [0.5, 0.6) is 0 Å². The first-order valence-electron chi connectivity index (χ1n) is 13.8. The number of amides is 2. The Morgan fingerprint density at radius 3 is 2.37 bits per heavy atom. The molecule has 41 heavy (non-hydrogen) atoms. The van der Waals surface area contributed by atoms with E-state index in [-0.39, 0.29) is 18.4 Å². The maximum atomic E-state index is 13.3. The summed E-state index contributed by atoms with van der Waals surface area (Å²) >= 11 is 0. The Morgan fingerprint density at radius 1 is 1.02 bits per heavy atom. The molecule has 0 saturated carbocycles. The van der Waals surface area contributed by atoms with Crippen molar-refractivity contribution >= 4 is 49.3 Å². The topological polar surface area (TPSA) is 120 Å². The summed E-state index contributed by atoms with van der Waals surface area (Å²) in [5.74, 6) is -0.447. The van der Waals surface area contributed by atoms with E-state index in [9.17, 15) is 18.0 Å². The number of sulfonamides is 1. The number of rotatable bonds is 7. The van der Waals surface area contributed by atoms with Crippen molar-refractivity contribution in [2.45, 2.75) is 33.2 Å². The first-order chi connectivity index (χ1) is 19.4. The van der Waals surface area contributed by atoms with Gasteiger partial charge in [0.15, 0.2) is 0 Å². The predicted octanol–water partition coefficient (Wildman–Crippen LogP) is 3.89. The van der Waals surface area contributed by atoms with E-state index in [1.54, 1.807) is 0 Å². The summed E-state index contributed by atoms with van der Waals surface area (Å²) in [4.78, 5) is 32.8. The molecule has 0 aliphatic carbocycles. The molecule has 1 aliphatic heterocycles. The molecule has 1 saturated heterocycles. The summed E-state index contributed by atoms with van der Waals surface area (Å²) in [5, 5.41) is 1.80. The molecule has 10 heteroatoms. The van der Waals surface area contributed by atoms with Crippen molar-refractivity contribution in [2.75, 3.05) is 43.8 Å². The number of aromatic nitrogens is 1. The first-order valence-corrected chi connectivity index (χ1v) is 15.6. The van der Waals surface area contributed by atoms with Crippen LogP contribution in [0.4, 0.5) is 5.69 Å². The van der Waals surface area contributed by atoms with Crippen molar-refractivity contribution in [1.82, 2.24) is 14.8 Å². The minimum atomic E-state index is -3.51. The fourth-order valence-corrected chi connectivity index (χ4v) is 7.27. The van der Waals surface area contributed by atoms with Crippen LogP contribution in [0, 0.1) is 6.92 Å². The van der Waals surface area contributed by atoms with Crippen molar-refractivity contribution in [2.24, 2.45) is 5.73 Å². The molecule has 4 aromatic rings. The van der Waals surface area contributed by atoms with Crippen LogP contribution in [0.15, 0.2) is 48.5 Å². The number of aromatic amines is 1. The van der Waals surface area contributed by atoms with Crippen molar-refractivity contribution in [3.8, 4) is 11.1 Å². The average molecular weight is 576 g/mol. The molecule has 0 bridgehead atoms. The number of piperazine rings is 1. The van der Waals surface area contributed by atoms with Gasteiger partial charge in [-0.25, -0.2) is 8.42 Å². The molecular weight excluding hydrogens is 538 g/mol. The van der Waals surface area contributed by atoms with Crippen LogP contribution < -0.4 is 10.0 Å². The molecular formula is C31H37N5O4S. The van der Waals surface area contributed by atoms with Crippen molar-refractivity contribution in [3.63, 3.8) is 0 Å². The number of nitrogens with one attached hydrogen (secondary N) is 1. The van der Waals surface area contributed by atoms with Gasteiger partial charge in [-0.3, -0.25) is 13.9 Å². The molecule has 2 heterocycles. The number of fused-ring (bicyclic) bond motifs is 3. The molecule has 0 spiro atoms. The van der Waals surface area contributed by atoms with Crippen LogP contribution in [0.25, 0.3) is 32.9 Å². The molecule has 3 aromatic carbocycles. The molecule has 3 N–H and O–H groups in total. The maximum absolute atomic E-state index is 13.3. The zero-order valence-electron chi connectivity index (χ0n) is 24.2. The number of H-pyrrole nitrogens is 1. The molecule has 216 valence electrons. The molecule has 0 unspecified atom stereocenters. The summed E-state index contributed by atoms with van der Waals surface area (Å²) in [5.41, 5.74) is 11.7. The van der Waals surface area contributed by atoms with E-state index < -0.39 is 15.9 Å². The Morgan fingerprint density at radius 2 is 1.73 bits per heavy atom. The fraction of sp³-hybridized carbons (Fsp3) is 0.355. The summed E-state index contributed by atoms with van der Waals surface area (Å²) in [7, 11) is -1.46. The van der Waals surface area contributed by atoms with Gasteiger partial charge in [0.1, 0.15) is 0 Å². The standard InChI is InChI=1S/C31H37N5O4S/c1-19(2)36(41(5,39)40)27-8-6-7-23(20(27)3)24-11-9-21(18-28(32)37)30-29(24)25-12-10-22(17-26(25)33-30)31(38)35-15-13-34(4)14-16-35/h6-12,17,19,33H,13-16,18H2,1-5H3,(H2,32,37). The maximum Gasteiger partial charge on any atom is 0.254 e. The van der Waals surface area contributed by atoms with Gasteiger partial charge in [-0.05, 0) is 68.3 Å². The van der Waals surface area contributed by atoms with E-state index in [0.717, 1.165) is 57.1 Å². The van der Waals surface area contributed by atoms with Crippen LogP contribution in [0.3, 0.4) is 0 Å². The van der Waals surface area contributed by atoms with Gasteiger partial charge in [0, 0.05) is 54.1 Å². The van der Waals surface area contributed by atoms with Crippen LogP contribution in [-0.4, -0.2) is 80.5 Å². The van der Waals surface area contributed by atoms with Gasteiger partial charge in [-0.15, -0.1) is 0 Å². The number of anilines is 1. The lowest BCUT2D eigenvalue weighted by Crippen LogP contribution is -2.47. The summed E-state index contributed by atoms with van der Waals surface area (Å²) < 4.78 is 26.9. The van der Waals surface area contributed by atoms with E-state index in [4.69, 9.17) is 5.73 Å². The number of nitrogens with zero attached hydrogens (tertiary/aromatic N) is 3. The van der Waals surface area contributed by atoms with E-state index in [1.807, 2.05) is 74.2 Å². The second-order valence-electron chi connectivity index (χ2n) is 11.2. The van der Waals surface area contributed by atoms with Crippen LogP contribution in [0.2, 0.25) is 0 Å². The fourth-order valence-electron chi connectivity index (χ4n) is 5.95. The third kappa shape index (κ3) is 5.41. The Balaban J connectivity index is 1.70. The molecule has 1 fully saturated rings. The SMILES string of the molecule is Cc1c(-c2ccc(CC(N)=O)c3[nH]c4cc(C(=O)N5CCN(C)CC5)ccc4c23)cccc1N(C(C)C)S(C)(=O)=O. The highest BCUT2D eigenvalue weighted by Crippen LogP contribution is 2.40. The van der Waals surface area contributed by atoms with Gasteiger partial charge >= 0.3 is 0 Å². The van der Waals surface area contributed by atoms with Gasteiger partial charge in [-0.1, -0.05) is 30.3 Å². The van der Waals surface area contributed by atoms with Crippen molar-refractivity contribution in [3.05, 3.63) is 65.2 Å². The third-order valence-electron chi connectivity index (χ3n) is 7.90. The Hall–Kier alpha value is -3.89. The number of primary amides is 1. The quantitative estimate of drug-likeness (QED) is 0.347. The molecule has 1 aromatic heterocycles. The number of carbonyl (C=O) groups excluding carboxylic acids is 2. The predicted molar refractivity (Wildman–Crippen MR) is 165 cm³/mol. The number of hydrogen-bond donors (Lipinski definition) is 2. The Labute approximate surface area is 241 Å². The summed E-state index contributed by atoms with van der Waals surface area (Å²) in [6, 6.07) is 14.9. The third-order valence-corrected chi connectivity index (χ3v) is 9.23. The van der Waals surface area contributed by atoms with E-state index in [0.29, 0.717) is 24.3 Å². The second-order valence-corrected chi connectivity index (χ2v) is 13.1. The number of hydrogen-bond acceptors (Lipinski definition) is 5.